The van der Waals surface area contributed by atoms with Crippen LogP contribution in [-0.2, 0) is 0 Å². The average Bonchev–Trinajstić information content (AvgIpc) is 2.62. The van der Waals surface area contributed by atoms with Gasteiger partial charge in [-0.25, -0.2) is 0 Å². The third-order valence-electron chi connectivity index (χ3n) is 4.84. The van der Waals surface area contributed by atoms with Crippen LogP contribution in [0.1, 0.15) is 44.9 Å². The lowest BCUT2D eigenvalue weighted by molar-refractivity contribution is 0.0788. The summed E-state index contributed by atoms with van der Waals surface area (Å²) in [5.74, 6) is 0.254. The van der Waals surface area contributed by atoms with Crippen LogP contribution in [0.2, 0.25) is 0 Å². The molecule has 1 saturated heterocycles. The molecule has 1 heterocycles. The van der Waals surface area contributed by atoms with Crippen molar-refractivity contribution in [3.63, 3.8) is 0 Å². The zero-order chi connectivity index (χ0) is 13.0. The quantitative estimate of drug-likeness (QED) is 0.704. The predicted octanol–water partition coefficient (Wildman–Crippen LogP) is 2.48. The summed E-state index contributed by atoms with van der Waals surface area (Å²) in [6.45, 7) is 2.40. The van der Waals surface area contributed by atoms with Crippen LogP contribution in [0.3, 0.4) is 0 Å². The van der Waals surface area contributed by atoms with Gasteiger partial charge in [-0.1, -0.05) is 19.3 Å². The standard InChI is InChI=1S/C15H27N3/c1-17-10-6-8-14(12-17)18(2)15-9-5-3-4-7-13(15)11-16/h13-15H,3-10,12H2,1-2H3. The number of piperidine rings is 1. The molecule has 3 nitrogen and oxygen atoms in total. The van der Waals surface area contributed by atoms with Gasteiger partial charge in [0.15, 0.2) is 0 Å². The van der Waals surface area contributed by atoms with Gasteiger partial charge in [-0.2, -0.15) is 5.26 Å². The summed E-state index contributed by atoms with van der Waals surface area (Å²) in [6.07, 6.45) is 8.78. The fourth-order valence-electron chi connectivity index (χ4n) is 3.67. The second kappa shape index (κ2) is 6.54. The molecule has 2 fully saturated rings. The molecule has 1 aliphatic heterocycles. The van der Waals surface area contributed by atoms with Crippen molar-refractivity contribution in [1.29, 1.82) is 5.26 Å². The molecule has 18 heavy (non-hydrogen) atoms. The van der Waals surface area contributed by atoms with E-state index < -0.39 is 0 Å². The minimum atomic E-state index is 0.254. The first-order chi connectivity index (χ1) is 8.72. The van der Waals surface area contributed by atoms with E-state index in [0.717, 1.165) is 6.42 Å². The van der Waals surface area contributed by atoms with E-state index in [1.807, 2.05) is 0 Å². The van der Waals surface area contributed by atoms with Gasteiger partial charge in [0.2, 0.25) is 0 Å². The van der Waals surface area contributed by atoms with E-state index in [4.69, 9.17) is 0 Å². The smallest absolute Gasteiger partial charge is 0.0672 e. The molecule has 2 aliphatic rings. The summed E-state index contributed by atoms with van der Waals surface area (Å²) >= 11 is 0. The molecule has 0 spiro atoms. The van der Waals surface area contributed by atoms with Crippen LogP contribution < -0.4 is 0 Å². The number of likely N-dealkylation sites (tertiary alicyclic amines) is 1. The lowest BCUT2D eigenvalue weighted by Gasteiger charge is -2.41. The van der Waals surface area contributed by atoms with E-state index in [-0.39, 0.29) is 5.92 Å². The normalized spacial score (nSPS) is 35.1. The van der Waals surface area contributed by atoms with E-state index in [2.05, 4.69) is 30.0 Å². The largest absolute Gasteiger partial charge is 0.305 e. The third-order valence-corrected chi connectivity index (χ3v) is 4.84. The highest BCUT2D eigenvalue weighted by Gasteiger charge is 2.32. The number of nitriles is 1. The molecule has 0 bridgehead atoms. The van der Waals surface area contributed by atoms with Crippen LogP contribution in [0.15, 0.2) is 0 Å². The highest BCUT2D eigenvalue weighted by molar-refractivity contribution is 4.96. The number of hydrogen-bond donors (Lipinski definition) is 0. The molecular formula is C15H27N3. The maximum atomic E-state index is 9.40. The minimum Gasteiger partial charge on any atom is -0.305 e. The number of rotatable bonds is 2. The molecule has 1 aliphatic carbocycles. The first-order valence-electron chi connectivity index (χ1n) is 7.52. The first-order valence-corrected chi connectivity index (χ1v) is 7.52. The first kappa shape index (κ1) is 13.8. The average molecular weight is 249 g/mol. The van der Waals surface area contributed by atoms with Gasteiger partial charge in [0.25, 0.3) is 0 Å². The summed E-state index contributed by atoms with van der Waals surface area (Å²) in [5, 5.41) is 9.40. The Kier molecular flexibility index (Phi) is 5.03. The molecule has 0 aromatic rings. The molecule has 0 N–H and O–H groups in total. The lowest BCUT2D eigenvalue weighted by atomic mass is 9.92. The van der Waals surface area contributed by atoms with Gasteiger partial charge >= 0.3 is 0 Å². The summed E-state index contributed by atoms with van der Waals surface area (Å²) in [4.78, 5) is 4.97. The van der Waals surface area contributed by atoms with Gasteiger partial charge in [-0.3, -0.25) is 4.90 Å². The van der Waals surface area contributed by atoms with Gasteiger partial charge in [0.05, 0.1) is 12.0 Å². The van der Waals surface area contributed by atoms with Gasteiger partial charge in [0, 0.05) is 18.6 Å². The predicted molar refractivity (Wildman–Crippen MR) is 74.3 cm³/mol. The fourth-order valence-corrected chi connectivity index (χ4v) is 3.67. The van der Waals surface area contributed by atoms with Crippen molar-refractivity contribution in [3.8, 4) is 6.07 Å². The van der Waals surface area contributed by atoms with E-state index in [1.165, 1.54) is 51.6 Å². The zero-order valence-corrected chi connectivity index (χ0v) is 11.9. The Morgan fingerprint density at radius 2 is 1.89 bits per heavy atom. The highest BCUT2D eigenvalue weighted by Crippen LogP contribution is 2.29. The SMILES string of the molecule is CN1CCCC(N(C)C2CCCCCC2C#N)C1. The fraction of sp³-hybridized carbons (Fsp3) is 0.933. The Bertz CT molecular complexity index is 297. The highest BCUT2D eigenvalue weighted by atomic mass is 15.2. The molecule has 0 aromatic heterocycles. The van der Waals surface area contributed by atoms with Crippen LogP contribution in [0.5, 0.6) is 0 Å². The molecule has 3 atom stereocenters. The number of nitrogens with zero attached hydrogens (tertiary/aromatic N) is 3. The molecule has 102 valence electrons. The maximum absolute atomic E-state index is 9.40. The molecule has 2 rings (SSSR count). The van der Waals surface area contributed by atoms with Crippen LogP contribution in [0, 0.1) is 17.2 Å². The van der Waals surface area contributed by atoms with Gasteiger partial charge in [-0.15, -0.1) is 0 Å². The van der Waals surface area contributed by atoms with Crippen molar-refractivity contribution < 1.29 is 0 Å². The topological polar surface area (TPSA) is 30.3 Å². The molecular weight excluding hydrogens is 222 g/mol. The number of likely N-dealkylation sites (N-methyl/N-ethyl adjacent to an activating group) is 2. The third kappa shape index (κ3) is 3.24. The van der Waals surface area contributed by atoms with E-state index in [9.17, 15) is 5.26 Å². The van der Waals surface area contributed by atoms with Crippen LogP contribution in [0.4, 0.5) is 0 Å². The van der Waals surface area contributed by atoms with Crippen molar-refractivity contribution in [1.82, 2.24) is 9.80 Å². The van der Waals surface area contributed by atoms with Crippen LogP contribution in [0.25, 0.3) is 0 Å². The second-order valence-corrected chi connectivity index (χ2v) is 6.16. The van der Waals surface area contributed by atoms with E-state index >= 15 is 0 Å². The van der Waals surface area contributed by atoms with Crippen molar-refractivity contribution in [2.24, 2.45) is 5.92 Å². The molecule has 0 radical (unpaired) electrons. The lowest BCUT2D eigenvalue weighted by Crippen LogP contribution is -2.50. The Morgan fingerprint density at radius 3 is 2.61 bits per heavy atom. The molecule has 1 saturated carbocycles. The van der Waals surface area contributed by atoms with Crippen molar-refractivity contribution in [2.75, 3.05) is 27.2 Å². The Morgan fingerprint density at radius 1 is 1.11 bits per heavy atom. The van der Waals surface area contributed by atoms with E-state index in [0.29, 0.717) is 12.1 Å². The van der Waals surface area contributed by atoms with Crippen molar-refractivity contribution >= 4 is 0 Å². The monoisotopic (exact) mass is 249 g/mol. The molecule has 3 heteroatoms. The van der Waals surface area contributed by atoms with Gasteiger partial charge < -0.3 is 4.90 Å². The minimum absolute atomic E-state index is 0.254. The van der Waals surface area contributed by atoms with Crippen molar-refractivity contribution in [3.05, 3.63) is 0 Å². The summed E-state index contributed by atoms with van der Waals surface area (Å²) < 4.78 is 0. The van der Waals surface area contributed by atoms with Gasteiger partial charge in [-0.05, 0) is 46.3 Å². The van der Waals surface area contributed by atoms with Gasteiger partial charge in [0.1, 0.15) is 0 Å². The zero-order valence-electron chi connectivity index (χ0n) is 11.9. The number of hydrogen-bond acceptors (Lipinski definition) is 3. The van der Waals surface area contributed by atoms with Crippen LogP contribution >= 0.6 is 0 Å². The molecule has 3 unspecified atom stereocenters. The Balaban J connectivity index is 2.00. The van der Waals surface area contributed by atoms with Crippen molar-refractivity contribution in [2.45, 2.75) is 57.0 Å². The summed E-state index contributed by atoms with van der Waals surface area (Å²) in [6, 6.07) is 3.72. The van der Waals surface area contributed by atoms with E-state index in [1.54, 1.807) is 0 Å². The second-order valence-electron chi connectivity index (χ2n) is 6.16. The molecule has 0 amide bonds. The van der Waals surface area contributed by atoms with Crippen LogP contribution in [-0.4, -0.2) is 49.1 Å². The maximum Gasteiger partial charge on any atom is 0.0672 e. The summed E-state index contributed by atoms with van der Waals surface area (Å²) in [5.41, 5.74) is 0. The Labute approximate surface area is 112 Å². The summed E-state index contributed by atoms with van der Waals surface area (Å²) in [7, 11) is 4.47. The Hall–Kier alpha value is -0.590. The molecule has 0 aromatic carbocycles.